The Morgan fingerprint density at radius 1 is 1.44 bits per heavy atom. The van der Waals surface area contributed by atoms with Gasteiger partial charge in [-0.15, -0.1) is 34.4 Å². The Balaban J connectivity index is 1.36. The number of anilines is 1. The number of nitrogens with zero attached hydrogens (tertiary/aromatic N) is 4. The largest absolute Gasteiger partial charge is 0.543 e. The summed E-state index contributed by atoms with van der Waals surface area (Å²) in [5, 5.41) is 20.7. The van der Waals surface area contributed by atoms with Crippen molar-refractivity contribution in [1.29, 1.82) is 0 Å². The minimum Gasteiger partial charge on any atom is -0.543 e. The number of hydrogen-bond acceptors (Lipinski definition) is 11. The molecule has 0 radical (unpaired) electrons. The molecule has 1 unspecified atom stereocenters. The minimum atomic E-state index is -1.43. The average Bonchev–Trinajstić information content (AvgIpc) is 3.44. The van der Waals surface area contributed by atoms with E-state index < -0.39 is 29.2 Å². The van der Waals surface area contributed by atoms with E-state index in [1.807, 2.05) is 30.0 Å². The number of thiazole rings is 1. The highest BCUT2D eigenvalue weighted by Gasteiger charge is 2.53. The molecule has 1 fully saturated rings. The van der Waals surface area contributed by atoms with Crippen LogP contribution in [-0.4, -0.2) is 57.7 Å². The number of nitrogens with one attached hydrogen (secondary N) is 1. The van der Waals surface area contributed by atoms with Crippen LogP contribution in [0.5, 0.6) is 0 Å². The highest BCUT2D eigenvalue weighted by atomic mass is 32.2. The molecule has 3 aromatic heterocycles. The van der Waals surface area contributed by atoms with Gasteiger partial charge in [-0.05, 0) is 13.0 Å². The molecular formula is C22H20N6O5S3. The van der Waals surface area contributed by atoms with Crippen molar-refractivity contribution < 1.29 is 28.9 Å². The number of thiophene rings is 1. The number of aromatic nitrogens is 2. The number of thioether (sulfide) groups is 1. The number of aliphatic carboxylic acids is 1. The molecule has 0 saturated carbocycles. The number of carbonyl (C=O) groups excluding carboxylic acids is 3. The summed E-state index contributed by atoms with van der Waals surface area (Å²) >= 11 is 4.19. The number of carboxylic acids is 1. The van der Waals surface area contributed by atoms with E-state index in [0.29, 0.717) is 17.9 Å². The van der Waals surface area contributed by atoms with Crippen molar-refractivity contribution in [3.05, 3.63) is 51.7 Å². The summed E-state index contributed by atoms with van der Waals surface area (Å²) in [5.74, 6) is -2.29. The smallest absolute Gasteiger partial charge is 0.276 e. The number of hydrogen-bond donors (Lipinski definition) is 2. The number of aryl methyl sites for hydroxylation is 1. The van der Waals surface area contributed by atoms with Gasteiger partial charge in [0, 0.05) is 32.3 Å². The van der Waals surface area contributed by atoms with Gasteiger partial charge in [0.2, 0.25) is 0 Å². The van der Waals surface area contributed by atoms with Crippen molar-refractivity contribution in [1.82, 2.24) is 15.2 Å². The Labute approximate surface area is 217 Å². The summed E-state index contributed by atoms with van der Waals surface area (Å²) in [5.41, 5.74) is 6.14. The summed E-state index contributed by atoms with van der Waals surface area (Å²) in [6, 6.07) is 3.12. The number of oxime groups is 1. The summed E-state index contributed by atoms with van der Waals surface area (Å²) in [7, 11) is 1.28. The second kappa shape index (κ2) is 9.52. The Hall–Kier alpha value is -3.49. The van der Waals surface area contributed by atoms with Gasteiger partial charge < -0.3 is 25.8 Å². The Morgan fingerprint density at radius 3 is 2.94 bits per heavy atom. The molecule has 5 heterocycles. The number of carboxylic acid groups (broad SMARTS) is 1. The lowest BCUT2D eigenvalue weighted by Crippen LogP contribution is -2.71. The SMILES string of the molecule is CO/N=C(\C(=O)NC1C(=O)N2C(C(=O)[O-])=C(C[n+]3ccc4sc(C)cc4c3)CS[C@H]12)c1csc(N)n1. The highest BCUT2D eigenvalue weighted by molar-refractivity contribution is 8.00. The lowest BCUT2D eigenvalue weighted by Gasteiger charge is -2.50. The van der Waals surface area contributed by atoms with Crippen LogP contribution in [0.2, 0.25) is 0 Å². The predicted molar refractivity (Wildman–Crippen MR) is 134 cm³/mol. The molecule has 3 aromatic rings. The van der Waals surface area contributed by atoms with Gasteiger partial charge in [-0.3, -0.25) is 14.5 Å². The molecule has 0 spiro atoms. The van der Waals surface area contributed by atoms with Crippen LogP contribution in [0, 0.1) is 6.92 Å². The number of rotatable bonds is 7. The quantitative estimate of drug-likeness (QED) is 0.182. The van der Waals surface area contributed by atoms with Crippen molar-refractivity contribution in [3.8, 4) is 0 Å². The van der Waals surface area contributed by atoms with Gasteiger partial charge in [0.25, 0.3) is 11.8 Å². The molecule has 3 N–H and O–H groups in total. The molecule has 0 aliphatic carbocycles. The van der Waals surface area contributed by atoms with Crippen LogP contribution in [-0.2, 0) is 25.8 Å². The van der Waals surface area contributed by atoms with Crippen LogP contribution < -0.4 is 20.7 Å². The normalized spacial score (nSPS) is 19.8. The summed E-state index contributed by atoms with van der Waals surface area (Å²) in [4.78, 5) is 49.1. The van der Waals surface area contributed by atoms with Gasteiger partial charge in [0.05, 0.1) is 17.1 Å². The Morgan fingerprint density at radius 2 is 2.25 bits per heavy atom. The van der Waals surface area contributed by atoms with Gasteiger partial charge in [-0.1, -0.05) is 5.16 Å². The molecule has 36 heavy (non-hydrogen) atoms. The highest BCUT2D eigenvalue weighted by Crippen LogP contribution is 2.40. The standard InChI is InChI=1S/C22H20N6O5S3/c1-10-5-11-6-27(4-3-14(11)36-10)7-12-8-34-20-16(19(30)28(20)17(12)21(31)32)25-18(29)15(26-33-2)13-9-35-22(23)24-13/h3-6,9,16,20H,7-8H2,1-2H3,(H3-,23,24,25,29,31,32)/b26-15-/t16?,20-/m1/s1. The molecule has 0 aromatic carbocycles. The summed E-state index contributed by atoms with van der Waals surface area (Å²) < 4.78 is 3.04. The van der Waals surface area contributed by atoms with Gasteiger partial charge in [-0.25, -0.2) is 9.55 Å². The van der Waals surface area contributed by atoms with E-state index in [0.717, 1.165) is 21.4 Å². The van der Waals surface area contributed by atoms with Crippen molar-refractivity contribution >= 4 is 73.1 Å². The van der Waals surface area contributed by atoms with Crippen molar-refractivity contribution in [2.75, 3.05) is 18.6 Å². The zero-order chi connectivity index (χ0) is 25.6. The van der Waals surface area contributed by atoms with Crippen molar-refractivity contribution in [2.24, 2.45) is 5.16 Å². The van der Waals surface area contributed by atoms with Crippen molar-refractivity contribution in [3.63, 3.8) is 0 Å². The van der Waals surface area contributed by atoms with Gasteiger partial charge in [-0.2, -0.15) is 0 Å². The van der Waals surface area contributed by atoms with Gasteiger partial charge in [0.1, 0.15) is 24.2 Å². The molecule has 2 atom stereocenters. The number of amides is 2. The topological polar surface area (TPSA) is 154 Å². The molecule has 2 aliphatic heterocycles. The number of carbonyl (C=O) groups is 3. The third-order valence-corrected chi connectivity index (χ3v) is 8.74. The zero-order valence-corrected chi connectivity index (χ0v) is 21.5. The lowest BCUT2D eigenvalue weighted by molar-refractivity contribution is -0.687. The first-order valence-electron chi connectivity index (χ1n) is 10.7. The molecular weight excluding hydrogens is 524 g/mol. The van der Waals surface area contributed by atoms with E-state index >= 15 is 0 Å². The second-order valence-electron chi connectivity index (χ2n) is 8.09. The van der Waals surface area contributed by atoms with E-state index in [1.54, 1.807) is 16.7 Å². The molecule has 14 heteroatoms. The van der Waals surface area contributed by atoms with Crippen LogP contribution in [0.3, 0.4) is 0 Å². The number of β-lactam (4-membered cyclic amide) rings is 1. The van der Waals surface area contributed by atoms with Gasteiger partial charge in [0.15, 0.2) is 29.8 Å². The first-order valence-corrected chi connectivity index (χ1v) is 13.4. The average molecular weight is 545 g/mol. The van der Waals surface area contributed by atoms with E-state index in [4.69, 9.17) is 10.6 Å². The van der Waals surface area contributed by atoms with E-state index in [2.05, 4.69) is 21.5 Å². The molecule has 1 saturated heterocycles. The number of fused-ring (bicyclic) bond motifs is 2. The van der Waals surface area contributed by atoms with Crippen LogP contribution >= 0.6 is 34.4 Å². The van der Waals surface area contributed by atoms with Crippen molar-refractivity contribution in [2.45, 2.75) is 24.9 Å². The van der Waals surface area contributed by atoms with E-state index in [9.17, 15) is 19.5 Å². The maximum atomic E-state index is 13.0. The Bertz CT molecular complexity index is 1460. The third-order valence-electron chi connectivity index (χ3n) is 5.70. The van der Waals surface area contributed by atoms with E-state index in [1.165, 1.54) is 28.6 Å². The minimum absolute atomic E-state index is 0.135. The number of nitrogen functional groups attached to an aromatic ring is 1. The fourth-order valence-electron chi connectivity index (χ4n) is 4.18. The second-order valence-corrected chi connectivity index (χ2v) is 11.4. The van der Waals surface area contributed by atoms with Crippen LogP contribution in [0.25, 0.3) is 10.1 Å². The maximum Gasteiger partial charge on any atom is 0.276 e. The molecule has 11 nitrogen and oxygen atoms in total. The number of nitrogens with two attached hydrogens (primary N) is 1. The van der Waals surface area contributed by atoms with Crippen LogP contribution in [0.1, 0.15) is 10.6 Å². The first kappa shape index (κ1) is 24.2. The zero-order valence-electron chi connectivity index (χ0n) is 19.1. The third kappa shape index (κ3) is 4.31. The summed E-state index contributed by atoms with van der Waals surface area (Å²) in [6.07, 6.45) is 3.84. The molecule has 2 aliphatic rings. The number of pyridine rings is 1. The maximum absolute atomic E-state index is 13.0. The fraction of sp³-hybridized carbons (Fsp3) is 0.273. The fourth-order valence-corrected chi connectivity index (χ4v) is 6.96. The molecule has 186 valence electrons. The molecule has 5 rings (SSSR count). The van der Waals surface area contributed by atoms with Crippen LogP contribution in [0.4, 0.5) is 5.13 Å². The van der Waals surface area contributed by atoms with Crippen LogP contribution in [0.15, 0.2) is 46.3 Å². The Kier molecular flexibility index (Phi) is 6.40. The predicted octanol–water partition coefficient (Wildman–Crippen LogP) is -0.00948. The first-order chi connectivity index (χ1) is 17.3. The molecule has 2 amide bonds. The summed E-state index contributed by atoms with van der Waals surface area (Å²) in [6.45, 7) is 2.33. The lowest BCUT2D eigenvalue weighted by atomic mass is 10.0. The van der Waals surface area contributed by atoms with Gasteiger partial charge >= 0.3 is 0 Å². The molecule has 0 bridgehead atoms. The monoisotopic (exact) mass is 544 g/mol. The van der Waals surface area contributed by atoms with E-state index in [-0.39, 0.29) is 22.2 Å².